The number of nitrogens with zero attached hydrogens (tertiary/aromatic N) is 2. The van der Waals surface area contributed by atoms with Crippen LogP contribution in [0.2, 0.25) is 0 Å². The van der Waals surface area contributed by atoms with Gasteiger partial charge in [-0.05, 0) is 0 Å². The van der Waals surface area contributed by atoms with E-state index in [2.05, 4.69) is 0 Å². The van der Waals surface area contributed by atoms with Crippen LogP contribution in [0.1, 0.15) is 27.7 Å². The van der Waals surface area contributed by atoms with Gasteiger partial charge in [0.25, 0.3) is 0 Å². The normalized spacial score (nSPS) is 9.44. The van der Waals surface area contributed by atoms with Crippen LogP contribution in [0.5, 0.6) is 0 Å². The summed E-state index contributed by atoms with van der Waals surface area (Å²) in [5.74, 6) is 3.52. The summed E-state index contributed by atoms with van der Waals surface area (Å²) in [6.45, 7) is 7.90. The smallest absolute Gasteiger partial charge is 0.529 e. The first-order chi connectivity index (χ1) is 11.4. The standard InChI is InChI=1S/2C5H11NO2S4.Zn/c2*1-3-9-11-6(5(7)8)12-10-4-2;/h2*3-4H2,1-2H3,(H,7,8);/q;;+2/p-2. The Kier molecular flexibility index (Phi) is 30.4. The zero-order valence-corrected chi connectivity index (χ0v) is 23.8. The SMILES string of the molecule is CCSSN(SSCC)C(=O)[O-].CCSSN(SSCC)C(=O)[O-].[Zn+2]. The molecule has 0 aliphatic rings. The molecule has 15 heteroatoms. The Morgan fingerprint density at radius 1 is 0.640 bits per heavy atom. The summed E-state index contributed by atoms with van der Waals surface area (Å²) >= 11 is 0. The van der Waals surface area contributed by atoms with Gasteiger partial charge in [-0.25, -0.2) is 7.42 Å². The summed E-state index contributed by atoms with van der Waals surface area (Å²) in [5.41, 5.74) is 0. The fourth-order valence-corrected chi connectivity index (χ4v) is 8.28. The van der Waals surface area contributed by atoms with Crippen LogP contribution in [-0.4, -0.2) is 42.6 Å². The monoisotopic (exact) mass is 552 g/mol. The van der Waals surface area contributed by atoms with E-state index in [0.29, 0.717) is 0 Å². The maximum atomic E-state index is 10.5. The predicted octanol–water partition coefficient (Wildman–Crippen LogP) is 4.53. The molecule has 0 saturated carbocycles. The average molecular weight is 554 g/mol. The second-order valence-electron chi connectivity index (χ2n) is 2.97. The molecule has 0 heterocycles. The molecular weight excluding hydrogens is 534 g/mol. The van der Waals surface area contributed by atoms with E-state index in [0.717, 1.165) is 30.4 Å². The third-order valence-corrected chi connectivity index (χ3v) is 11.7. The molecular formula is C10H20N2O4S8Zn. The minimum Gasteiger partial charge on any atom is -0.529 e. The molecule has 0 atom stereocenters. The molecule has 0 aliphatic heterocycles. The molecule has 0 N–H and O–H groups in total. The van der Waals surface area contributed by atoms with E-state index in [9.17, 15) is 19.8 Å². The van der Waals surface area contributed by atoms with Crippen molar-refractivity contribution in [2.45, 2.75) is 27.7 Å². The summed E-state index contributed by atoms with van der Waals surface area (Å²) in [6, 6.07) is 0. The molecule has 0 rings (SSSR count). The van der Waals surface area contributed by atoms with E-state index < -0.39 is 12.2 Å². The molecule has 0 bridgehead atoms. The molecule has 0 radical (unpaired) electrons. The van der Waals surface area contributed by atoms with Gasteiger partial charge in [0.05, 0.1) is 0 Å². The van der Waals surface area contributed by atoms with Gasteiger partial charge in [-0.3, -0.25) is 0 Å². The van der Waals surface area contributed by atoms with Crippen LogP contribution < -0.4 is 10.2 Å². The van der Waals surface area contributed by atoms with Crippen LogP contribution in [0, 0.1) is 0 Å². The number of hydrogen-bond donors (Lipinski definition) is 0. The van der Waals surface area contributed by atoms with Crippen molar-refractivity contribution in [3.8, 4) is 0 Å². The van der Waals surface area contributed by atoms with E-state index >= 15 is 0 Å². The van der Waals surface area contributed by atoms with Gasteiger partial charge < -0.3 is 19.8 Å². The fourth-order valence-electron chi connectivity index (χ4n) is 0.549. The number of rotatable bonds is 12. The topological polar surface area (TPSA) is 86.7 Å². The van der Waals surface area contributed by atoms with Gasteiger partial charge in [-0.15, -0.1) is 0 Å². The average Bonchev–Trinajstić information content (AvgIpc) is 2.55. The molecule has 2 amide bonds. The number of carbonyl (C=O) groups excluding carboxylic acids is 2. The third-order valence-electron chi connectivity index (χ3n) is 1.25. The Morgan fingerprint density at radius 3 is 0.960 bits per heavy atom. The van der Waals surface area contributed by atoms with Gasteiger partial charge in [0.1, 0.15) is 0 Å². The Bertz CT molecular complexity index is 289. The second-order valence-corrected chi connectivity index (χ2v) is 13.4. The largest absolute Gasteiger partial charge is 2.00 e. The maximum Gasteiger partial charge on any atom is 2.00 e. The van der Waals surface area contributed by atoms with Crippen molar-refractivity contribution < 1.29 is 39.3 Å². The first kappa shape index (κ1) is 31.7. The minimum atomic E-state index is -1.15. The number of carboxylic acid groups (broad SMARTS) is 2. The van der Waals surface area contributed by atoms with Crippen molar-refractivity contribution in [2.75, 3.05) is 23.0 Å². The summed E-state index contributed by atoms with van der Waals surface area (Å²) in [7, 11) is 10.7. The van der Waals surface area contributed by atoms with E-state index in [4.69, 9.17) is 0 Å². The summed E-state index contributed by atoms with van der Waals surface area (Å²) < 4.78 is 2.31. The Hall–Kier alpha value is 1.96. The first-order valence-corrected chi connectivity index (χ1v) is 15.7. The van der Waals surface area contributed by atoms with Gasteiger partial charge in [0.15, 0.2) is 12.2 Å². The van der Waals surface area contributed by atoms with Crippen molar-refractivity contribution in [1.82, 2.24) is 7.42 Å². The number of hydrogen-bond acceptors (Lipinski definition) is 12. The van der Waals surface area contributed by atoms with E-state index in [-0.39, 0.29) is 19.5 Å². The molecule has 0 saturated heterocycles. The molecule has 144 valence electrons. The quantitative estimate of drug-likeness (QED) is 0.193. The van der Waals surface area contributed by atoms with Crippen molar-refractivity contribution >= 4 is 99.3 Å². The number of carbonyl (C=O) groups is 2. The Balaban J connectivity index is -0.000000372. The third kappa shape index (κ3) is 22.1. The van der Waals surface area contributed by atoms with E-state index in [1.54, 1.807) is 0 Å². The molecule has 0 spiro atoms. The Labute approximate surface area is 194 Å². The van der Waals surface area contributed by atoms with Crippen LogP contribution >= 0.6 is 87.1 Å². The molecule has 0 aromatic heterocycles. The molecule has 0 aromatic rings. The predicted molar refractivity (Wildman–Crippen MR) is 117 cm³/mol. The van der Waals surface area contributed by atoms with Crippen LogP contribution in [0.25, 0.3) is 0 Å². The summed E-state index contributed by atoms with van der Waals surface area (Å²) in [6.07, 6.45) is -2.29. The molecule has 6 nitrogen and oxygen atoms in total. The van der Waals surface area contributed by atoms with Crippen molar-refractivity contribution in [1.29, 1.82) is 0 Å². The minimum absolute atomic E-state index is 0. The van der Waals surface area contributed by atoms with Gasteiger partial charge in [-0.2, -0.15) is 0 Å². The summed E-state index contributed by atoms with van der Waals surface area (Å²) in [4.78, 5) is 20.9. The van der Waals surface area contributed by atoms with Crippen molar-refractivity contribution in [3.63, 3.8) is 0 Å². The van der Waals surface area contributed by atoms with Crippen LogP contribution in [0.15, 0.2) is 0 Å². The van der Waals surface area contributed by atoms with Crippen LogP contribution in [0.4, 0.5) is 9.59 Å². The summed E-state index contributed by atoms with van der Waals surface area (Å²) in [5, 5.41) is 20.9. The van der Waals surface area contributed by atoms with Crippen LogP contribution in [-0.2, 0) is 19.5 Å². The second kappa shape index (κ2) is 24.0. The van der Waals surface area contributed by atoms with Crippen molar-refractivity contribution in [2.24, 2.45) is 0 Å². The molecule has 0 fully saturated rings. The Morgan fingerprint density at radius 2 is 0.840 bits per heavy atom. The van der Waals surface area contributed by atoms with Gasteiger partial charge in [0, 0.05) is 66.9 Å². The van der Waals surface area contributed by atoms with Crippen LogP contribution in [0.3, 0.4) is 0 Å². The molecule has 0 aromatic carbocycles. The first-order valence-electron chi connectivity index (χ1n) is 6.64. The molecule has 0 unspecified atom stereocenters. The van der Waals surface area contributed by atoms with Gasteiger partial charge in [-0.1, -0.05) is 70.9 Å². The van der Waals surface area contributed by atoms with Gasteiger partial charge in [0.2, 0.25) is 0 Å². The molecule has 25 heavy (non-hydrogen) atoms. The maximum absolute atomic E-state index is 10.5. The molecule has 0 aliphatic carbocycles. The van der Waals surface area contributed by atoms with Crippen molar-refractivity contribution in [3.05, 3.63) is 0 Å². The zero-order valence-electron chi connectivity index (χ0n) is 14.3. The van der Waals surface area contributed by atoms with Gasteiger partial charge >= 0.3 is 19.5 Å². The van der Waals surface area contributed by atoms with E-state index in [1.807, 2.05) is 27.7 Å². The fraction of sp³-hybridized carbons (Fsp3) is 0.800. The van der Waals surface area contributed by atoms with E-state index in [1.165, 1.54) is 87.1 Å². The zero-order chi connectivity index (χ0) is 18.8. The number of amides is 2.